The molecular weight excluding hydrogens is 308 g/mol. The molecule has 1 aliphatic heterocycles. The molecule has 0 radical (unpaired) electrons. The summed E-state index contributed by atoms with van der Waals surface area (Å²) in [5.41, 5.74) is 6.85. The second kappa shape index (κ2) is 8.56. The van der Waals surface area contributed by atoms with Crippen LogP contribution in [0.3, 0.4) is 0 Å². The number of amides is 1. The molecule has 21 heavy (non-hydrogen) atoms. The summed E-state index contributed by atoms with van der Waals surface area (Å²) in [4.78, 5) is 18.7. The molecule has 1 fully saturated rings. The van der Waals surface area contributed by atoms with E-state index in [1.54, 1.807) is 11.3 Å². The summed E-state index contributed by atoms with van der Waals surface area (Å²) in [5.74, 6) is 0.0889. The summed E-state index contributed by atoms with van der Waals surface area (Å²) in [6.07, 6.45) is 3.29. The van der Waals surface area contributed by atoms with Crippen LogP contribution < -0.4 is 16.0 Å². The largest absolute Gasteiger partial charge is 0.354 e. The molecular formula is C14H25ClN4OS. The Balaban J connectivity index is 0.00000220. The smallest absolute Gasteiger partial charge is 0.237 e. The molecule has 0 saturated carbocycles. The van der Waals surface area contributed by atoms with Gasteiger partial charge < -0.3 is 16.0 Å². The first kappa shape index (κ1) is 18.2. The van der Waals surface area contributed by atoms with E-state index >= 15 is 0 Å². The second-order valence-corrected chi connectivity index (χ2v) is 6.46. The normalized spacial score (nSPS) is 15.9. The summed E-state index contributed by atoms with van der Waals surface area (Å²) < 4.78 is 0. The number of carbonyl (C=O) groups is 1. The van der Waals surface area contributed by atoms with Gasteiger partial charge in [-0.15, -0.1) is 23.7 Å². The molecule has 1 aromatic heterocycles. The zero-order valence-electron chi connectivity index (χ0n) is 12.7. The lowest BCUT2D eigenvalue weighted by Crippen LogP contribution is -2.44. The first-order valence-corrected chi connectivity index (χ1v) is 8.18. The molecule has 1 saturated heterocycles. The Morgan fingerprint density at radius 2 is 2.14 bits per heavy atom. The fourth-order valence-electron chi connectivity index (χ4n) is 2.20. The lowest BCUT2D eigenvalue weighted by molar-refractivity contribution is -0.123. The summed E-state index contributed by atoms with van der Waals surface area (Å²) in [6, 6.07) is -0.425. The Labute approximate surface area is 136 Å². The summed E-state index contributed by atoms with van der Waals surface area (Å²) in [7, 11) is 0. The number of nitrogens with two attached hydrogens (primary N) is 1. The molecule has 1 aromatic rings. The summed E-state index contributed by atoms with van der Waals surface area (Å²) >= 11 is 1.69. The van der Waals surface area contributed by atoms with E-state index in [2.05, 4.69) is 20.6 Å². The van der Waals surface area contributed by atoms with Crippen molar-refractivity contribution < 1.29 is 4.79 Å². The van der Waals surface area contributed by atoms with Crippen molar-refractivity contribution in [3.63, 3.8) is 0 Å². The van der Waals surface area contributed by atoms with Crippen LogP contribution in [0.25, 0.3) is 0 Å². The zero-order valence-corrected chi connectivity index (χ0v) is 14.3. The van der Waals surface area contributed by atoms with E-state index in [0.717, 1.165) is 30.3 Å². The first-order valence-electron chi connectivity index (χ1n) is 7.30. The Morgan fingerprint density at radius 1 is 1.48 bits per heavy atom. The van der Waals surface area contributed by atoms with Gasteiger partial charge in [-0.1, -0.05) is 13.8 Å². The second-order valence-electron chi connectivity index (χ2n) is 5.63. The van der Waals surface area contributed by atoms with E-state index in [-0.39, 0.29) is 24.2 Å². The van der Waals surface area contributed by atoms with Gasteiger partial charge in [0.25, 0.3) is 0 Å². The van der Waals surface area contributed by atoms with Crippen LogP contribution >= 0.6 is 23.7 Å². The van der Waals surface area contributed by atoms with Crippen LogP contribution in [0.2, 0.25) is 0 Å². The molecule has 2 heterocycles. The number of aromatic nitrogens is 1. The van der Waals surface area contributed by atoms with Gasteiger partial charge in [-0.25, -0.2) is 4.98 Å². The van der Waals surface area contributed by atoms with Crippen molar-refractivity contribution in [2.75, 3.05) is 24.5 Å². The standard InChI is InChI=1S/C14H24N4OS.ClH/c1-10(2)12(15)13(19)16-6-5-11-9-20-14(17-11)18-7-3-4-8-18;/h9-10,12H,3-8,15H2,1-2H3,(H,16,19);1H/t12-;/m0./s1. The molecule has 2 rings (SSSR count). The predicted molar refractivity (Wildman–Crippen MR) is 90.3 cm³/mol. The van der Waals surface area contributed by atoms with Gasteiger partial charge in [0.2, 0.25) is 5.91 Å². The van der Waals surface area contributed by atoms with Gasteiger partial charge in [0.15, 0.2) is 5.13 Å². The maximum absolute atomic E-state index is 11.7. The zero-order chi connectivity index (χ0) is 14.5. The molecule has 5 nitrogen and oxygen atoms in total. The number of anilines is 1. The predicted octanol–water partition coefficient (Wildman–Crippen LogP) is 1.81. The Bertz CT molecular complexity index is 446. The SMILES string of the molecule is CC(C)[C@H](N)C(=O)NCCc1csc(N2CCCC2)n1.Cl. The van der Waals surface area contributed by atoms with Crippen molar-refractivity contribution in [3.8, 4) is 0 Å². The first-order chi connectivity index (χ1) is 9.58. The molecule has 1 aliphatic rings. The lowest BCUT2D eigenvalue weighted by atomic mass is 10.1. The molecule has 0 unspecified atom stereocenters. The molecule has 0 bridgehead atoms. The number of nitrogens with one attached hydrogen (secondary N) is 1. The average Bonchev–Trinajstić information content (AvgIpc) is 3.07. The van der Waals surface area contributed by atoms with E-state index in [1.165, 1.54) is 12.8 Å². The van der Waals surface area contributed by atoms with Gasteiger partial charge in [0.05, 0.1) is 11.7 Å². The minimum absolute atomic E-state index is 0. The monoisotopic (exact) mass is 332 g/mol. The van der Waals surface area contributed by atoms with Gasteiger partial charge in [0.1, 0.15) is 0 Å². The van der Waals surface area contributed by atoms with Crippen molar-refractivity contribution in [3.05, 3.63) is 11.1 Å². The van der Waals surface area contributed by atoms with E-state index in [4.69, 9.17) is 5.73 Å². The van der Waals surface area contributed by atoms with E-state index in [9.17, 15) is 4.79 Å². The van der Waals surface area contributed by atoms with Crippen LogP contribution in [0.1, 0.15) is 32.4 Å². The van der Waals surface area contributed by atoms with Gasteiger partial charge in [-0.3, -0.25) is 4.79 Å². The number of hydrogen-bond acceptors (Lipinski definition) is 5. The van der Waals surface area contributed by atoms with Crippen molar-refractivity contribution >= 4 is 34.8 Å². The number of halogens is 1. The highest BCUT2D eigenvalue weighted by Gasteiger charge is 2.17. The molecule has 0 aliphatic carbocycles. The highest BCUT2D eigenvalue weighted by atomic mass is 35.5. The maximum Gasteiger partial charge on any atom is 0.237 e. The van der Waals surface area contributed by atoms with Gasteiger partial charge >= 0.3 is 0 Å². The fourth-order valence-corrected chi connectivity index (χ4v) is 3.11. The van der Waals surface area contributed by atoms with Gasteiger partial charge in [-0.2, -0.15) is 0 Å². The maximum atomic E-state index is 11.7. The van der Waals surface area contributed by atoms with E-state index in [1.807, 2.05) is 13.8 Å². The quantitative estimate of drug-likeness (QED) is 0.833. The van der Waals surface area contributed by atoms with E-state index < -0.39 is 6.04 Å². The van der Waals surface area contributed by atoms with Crippen molar-refractivity contribution in [1.29, 1.82) is 0 Å². The van der Waals surface area contributed by atoms with Gasteiger partial charge in [0, 0.05) is 31.4 Å². The van der Waals surface area contributed by atoms with Crippen LogP contribution in [-0.4, -0.2) is 36.6 Å². The molecule has 1 amide bonds. The fraction of sp³-hybridized carbons (Fsp3) is 0.714. The average molecular weight is 333 g/mol. The summed E-state index contributed by atoms with van der Waals surface area (Å²) in [5, 5.41) is 6.08. The van der Waals surface area contributed by atoms with Crippen molar-refractivity contribution in [2.24, 2.45) is 11.7 Å². The highest BCUT2D eigenvalue weighted by molar-refractivity contribution is 7.13. The van der Waals surface area contributed by atoms with Gasteiger partial charge in [-0.05, 0) is 18.8 Å². The minimum atomic E-state index is -0.425. The molecule has 3 N–H and O–H groups in total. The topological polar surface area (TPSA) is 71.2 Å². The third kappa shape index (κ3) is 5.13. The Hall–Kier alpha value is -0.850. The van der Waals surface area contributed by atoms with Crippen LogP contribution in [0.15, 0.2) is 5.38 Å². The number of nitrogens with zero attached hydrogens (tertiary/aromatic N) is 2. The molecule has 0 aromatic carbocycles. The highest BCUT2D eigenvalue weighted by Crippen LogP contribution is 2.24. The van der Waals surface area contributed by atoms with Crippen LogP contribution in [-0.2, 0) is 11.2 Å². The molecule has 1 atom stereocenters. The Morgan fingerprint density at radius 3 is 2.76 bits per heavy atom. The minimum Gasteiger partial charge on any atom is -0.354 e. The number of hydrogen-bond donors (Lipinski definition) is 2. The molecule has 120 valence electrons. The number of rotatable bonds is 6. The van der Waals surface area contributed by atoms with Crippen LogP contribution in [0.4, 0.5) is 5.13 Å². The Kier molecular flexibility index (Phi) is 7.42. The summed E-state index contributed by atoms with van der Waals surface area (Å²) in [6.45, 7) is 6.74. The lowest BCUT2D eigenvalue weighted by Gasteiger charge is -2.15. The third-order valence-electron chi connectivity index (χ3n) is 3.62. The van der Waals surface area contributed by atoms with Crippen LogP contribution in [0.5, 0.6) is 0 Å². The van der Waals surface area contributed by atoms with Crippen molar-refractivity contribution in [1.82, 2.24) is 10.3 Å². The number of thiazole rings is 1. The molecule has 0 spiro atoms. The van der Waals surface area contributed by atoms with Crippen LogP contribution in [0, 0.1) is 5.92 Å². The number of carbonyl (C=O) groups excluding carboxylic acids is 1. The third-order valence-corrected chi connectivity index (χ3v) is 4.57. The van der Waals surface area contributed by atoms with Crippen molar-refractivity contribution in [2.45, 2.75) is 39.2 Å². The van der Waals surface area contributed by atoms with E-state index in [0.29, 0.717) is 6.54 Å². The molecule has 7 heteroatoms.